The molecule has 62 valence electrons. The number of hydrogen-bond donors (Lipinski definition) is 1. The lowest BCUT2D eigenvalue weighted by Gasteiger charge is -2.07. The number of aryl methyl sites for hydroxylation is 1. The van der Waals surface area contributed by atoms with E-state index in [1.807, 2.05) is 0 Å². The molecule has 0 bridgehead atoms. The SMILES string of the molecule is CC1=Cc2ccc(C)cc2[C@@H]1N. The van der Waals surface area contributed by atoms with E-state index in [2.05, 4.69) is 38.1 Å². The van der Waals surface area contributed by atoms with Crippen LogP contribution in [0.3, 0.4) is 0 Å². The van der Waals surface area contributed by atoms with Crippen molar-refractivity contribution in [3.63, 3.8) is 0 Å². The summed E-state index contributed by atoms with van der Waals surface area (Å²) in [5, 5.41) is 0. The maximum absolute atomic E-state index is 5.99. The molecule has 0 heterocycles. The molecule has 0 saturated heterocycles. The predicted molar refractivity (Wildman–Crippen MR) is 51.8 cm³/mol. The minimum Gasteiger partial charge on any atom is -0.321 e. The van der Waals surface area contributed by atoms with Gasteiger partial charge in [0.2, 0.25) is 0 Å². The average Bonchev–Trinajstić information content (AvgIpc) is 2.31. The third kappa shape index (κ3) is 0.978. The maximum atomic E-state index is 5.99. The molecule has 2 rings (SSSR count). The Kier molecular flexibility index (Phi) is 1.55. The van der Waals surface area contributed by atoms with Crippen LogP contribution in [0.25, 0.3) is 6.08 Å². The second kappa shape index (κ2) is 2.46. The molecule has 1 atom stereocenters. The summed E-state index contributed by atoms with van der Waals surface area (Å²) in [5.74, 6) is 0. The molecule has 1 heteroatoms. The van der Waals surface area contributed by atoms with Crippen molar-refractivity contribution in [2.45, 2.75) is 19.9 Å². The summed E-state index contributed by atoms with van der Waals surface area (Å²) in [6.45, 7) is 4.18. The van der Waals surface area contributed by atoms with E-state index in [0.717, 1.165) is 0 Å². The Labute approximate surface area is 72.9 Å². The molecule has 0 amide bonds. The van der Waals surface area contributed by atoms with Gasteiger partial charge in [-0.15, -0.1) is 0 Å². The summed E-state index contributed by atoms with van der Waals surface area (Å²) in [6.07, 6.45) is 2.17. The van der Waals surface area contributed by atoms with Crippen LogP contribution < -0.4 is 5.73 Å². The Morgan fingerprint density at radius 2 is 2.00 bits per heavy atom. The van der Waals surface area contributed by atoms with E-state index >= 15 is 0 Å². The molecule has 1 aliphatic rings. The highest BCUT2D eigenvalue weighted by molar-refractivity contribution is 5.65. The van der Waals surface area contributed by atoms with Crippen molar-refractivity contribution in [2.75, 3.05) is 0 Å². The van der Waals surface area contributed by atoms with Crippen molar-refractivity contribution in [3.8, 4) is 0 Å². The minimum absolute atomic E-state index is 0.125. The van der Waals surface area contributed by atoms with Gasteiger partial charge < -0.3 is 5.73 Å². The highest BCUT2D eigenvalue weighted by atomic mass is 14.6. The highest BCUT2D eigenvalue weighted by Gasteiger charge is 2.17. The van der Waals surface area contributed by atoms with Gasteiger partial charge in [0, 0.05) is 0 Å². The number of benzene rings is 1. The molecule has 0 fully saturated rings. The fourth-order valence-electron chi connectivity index (χ4n) is 1.68. The highest BCUT2D eigenvalue weighted by Crippen LogP contribution is 2.32. The molecule has 2 N–H and O–H groups in total. The van der Waals surface area contributed by atoms with Crippen LogP contribution in [-0.4, -0.2) is 0 Å². The van der Waals surface area contributed by atoms with Gasteiger partial charge >= 0.3 is 0 Å². The molecule has 0 saturated carbocycles. The molecule has 0 spiro atoms. The molecule has 0 aliphatic heterocycles. The smallest absolute Gasteiger partial charge is 0.0517 e. The van der Waals surface area contributed by atoms with Gasteiger partial charge in [-0.05, 0) is 25.0 Å². The second-order valence-corrected chi connectivity index (χ2v) is 3.50. The van der Waals surface area contributed by atoms with Crippen LogP contribution in [-0.2, 0) is 0 Å². The molecule has 0 unspecified atom stereocenters. The summed E-state index contributed by atoms with van der Waals surface area (Å²) < 4.78 is 0. The van der Waals surface area contributed by atoms with Crippen LogP contribution >= 0.6 is 0 Å². The van der Waals surface area contributed by atoms with Crippen molar-refractivity contribution < 1.29 is 0 Å². The zero-order chi connectivity index (χ0) is 8.72. The van der Waals surface area contributed by atoms with E-state index in [0.29, 0.717) is 0 Å². The molecular formula is C11H13N. The van der Waals surface area contributed by atoms with Crippen molar-refractivity contribution in [1.29, 1.82) is 0 Å². The van der Waals surface area contributed by atoms with E-state index in [1.165, 1.54) is 22.3 Å². The first-order valence-corrected chi connectivity index (χ1v) is 4.23. The van der Waals surface area contributed by atoms with Crippen LogP contribution in [0.15, 0.2) is 23.8 Å². The zero-order valence-corrected chi connectivity index (χ0v) is 7.46. The van der Waals surface area contributed by atoms with Crippen molar-refractivity contribution in [1.82, 2.24) is 0 Å². The van der Waals surface area contributed by atoms with E-state index < -0.39 is 0 Å². The van der Waals surface area contributed by atoms with Gasteiger partial charge in [-0.2, -0.15) is 0 Å². The van der Waals surface area contributed by atoms with Crippen molar-refractivity contribution >= 4 is 6.08 Å². The maximum Gasteiger partial charge on any atom is 0.0517 e. The lowest BCUT2D eigenvalue weighted by molar-refractivity contribution is 0.869. The van der Waals surface area contributed by atoms with Gasteiger partial charge in [0.1, 0.15) is 0 Å². The standard InChI is InChI=1S/C11H13N/c1-7-3-4-9-6-8(2)11(12)10(9)5-7/h3-6,11H,12H2,1-2H3/t11-/m1/s1. The van der Waals surface area contributed by atoms with Gasteiger partial charge in [-0.3, -0.25) is 0 Å². The Hall–Kier alpha value is -1.08. The van der Waals surface area contributed by atoms with Crippen molar-refractivity contribution in [2.24, 2.45) is 5.73 Å². The summed E-state index contributed by atoms with van der Waals surface area (Å²) in [4.78, 5) is 0. The van der Waals surface area contributed by atoms with E-state index in [9.17, 15) is 0 Å². The fraction of sp³-hybridized carbons (Fsp3) is 0.273. The molecule has 12 heavy (non-hydrogen) atoms. The normalized spacial score (nSPS) is 20.6. The monoisotopic (exact) mass is 159 g/mol. The molecule has 1 aromatic rings. The van der Waals surface area contributed by atoms with Crippen LogP contribution in [0.4, 0.5) is 0 Å². The van der Waals surface area contributed by atoms with E-state index in [4.69, 9.17) is 5.73 Å². The molecule has 1 nitrogen and oxygen atoms in total. The molecular weight excluding hydrogens is 146 g/mol. The second-order valence-electron chi connectivity index (χ2n) is 3.50. The largest absolute Gasteiger partial charge is 0.321 e. The topological polar surface area (TPSA) is 26.0 Å². The zero-order valence-electron chi connectivity index (χ0n) is 7.46. The molecule has 1 aromatic carbocycles. The summed E-state index contributed by atoms with van der Waals surface area (Å²) in [5.41, 5.74) is 11.1. The quantitative estimate of drug-likeness (QED) is 0.618. The van der Waals surface area contributed by atoms with Gasteiger partial charge in [-0.25, -0.2) is 0 Å². The third-order valence-corrected chi connectivity index (χ3v) is 2.45. The fourth-order valence-corrected chi connectivity index (χ4v) is 1.68. The minimum atomic E-state index is 0.125. The van der Waals surface area contributed by atoms with Crippen molar-refractivity contribution in [3.05, 3.63) is 40.5 Å². The molecule has 0 aromatic heterocycles. The Morgan fingerprint density at radius 1 is 1.25 bits per heavy atom. The summed E-state index contributed by atoms with van der Waals surface area (Å²) >= 11 is 0. The van der Waals surface area contributed by atoms with Crippen LogP contribution in [0.5, 0.6) is 0 Å². The molecule has 0 radical (unpaired) electrons. The van der Waals surface area contributed by atoms with Crippen LogP contribution in [0, 0.1) is 6.92 Å². The summed E-state index contributed by atoms with van der Waals surface area (Å²) in [6, 6.07) is 6.56. The Balaban J connectivity index is 2.57. The van der Waals surface area contributed by atoms with E-state index in [1.54, 1.807) is 0 Å². The Bertz CT molecular complexity index is 350. The number of rotatable bonds is 0. The van der Waals surface area contributed by atoms with Gasteiger partial charge in [-0.1, -0.05) is 35.4 Å². The van der Waals surface area contributed by atoms with Crippen LogP contribution in [0.1, 0.15) is 29.7 Å². The third-order valence-electron chi connectivity index (χ3n) is 2.45. The lowest BCUT2D eigenvalue weighted by atomic mass is 10.0. The molecule has 1 aliphatic carbocycles. The first kappa shape index (κ1) is 7.56. The van der Waals surface area contributed by atoms with Gasteiger partial charge in [0.15, 0.2) is 0 Å². The lowest BCUT2D eigenvalue weighted by Crippen LogP contribution is -2.08. The van der Waals surface area contributed by atoms with Crippen LogP contribution in [0.2, 0.25) is 0 Å². The first-order valence-electron chi connectivity index (χ1n) is 4.23. The summed E-state index contributed by atoms with van der Waals surface area (Å²) in [7, 11) is 0. The number of nitrogens with two attached hydrogens (primary N) is 1. The number of fused-ring (bicyclic) bond motifs is 1. The van der Waals surface area contributed by atoms with Gasteiger partial charge in [0.25, 0.3) is 0 Å². The Morgan fingerprint density at radius 3 is 2.75 bits per heavy atom. The van der Waals surface area contributed by atoms with Gasteiger partial charge in [0.05, 0.1) is 6.04 Å². The number of hydrogen-bond acceptors (Lipinski definition) is 1. The average molecular weight is 159 g/mol. The predicted octanol–water partition coefficient (Wildman–Crippen LogP) is 2.41. The van der Waals surface area contributed by atoms with E-state index in [-0.39, 0.29) is 6.04 Å². The first-order chi connectivity index (χ1) is 5.68.